The van der Waals surface area contributed by atoms with Gasteiger partial charge in [-0.15, -0.1) is 12.2 Å². The molecule has 10 rings (SSSR count). The van der Waals surface area contributed by atoms with Crippen LogP contribution in [0.2, 0.25) is 0 Å². The third kappa shape index (κ3) is 6.08. The Labute approximate surface area is 330 Å². The van der Waals surface area contributed by atoms with E-state index in [1.165, 1.54) is 6.07 Å². The minimum absolute atomic E-state index is 0.0203. The van der Waals surface area contributed by atoms with Crippen molar-refractivity contribution in [3.63, 3.8) is 0 Å². The van der Waals surface area contributed by atoms with Gasteiger partial charge < -0.3 is 19.7 Å². The highest BCUT2D eigenvalue weighted by molar-refractivity contribution is 6.02. The van der Waals surface area contributed by atoms with E-state index in [9.17, 15) is 13.2 Å². The van der Waals surface area contributed by atoms with Crippen LogP contribution in [0, 0.1) is 24.0 Å². The number of hydrogen-bond donors (Lipinski definition) is 1. The Morgan fingerprint density at radius 1 is 1.02 bits per heavy atom. The van der Waals surface area contributed by atoms with Crippen LogP contribution < -0.4 is 19.7 Å². The fraction of sp³-hybridized carbons (Fsp3) is 0.395. The van der Waals surface area contributed by atoms with Crippen LogP contribution >= 0.6 is 0 Å². The molecule has 10 nitrogen and oxygen atoms in total. The Morgan fingerprint density at radius 2 is 1.91 bits per heavy atom. The second kappa shape index (κ2) is 13.9. The van der Waals surface area contributed by atoms with Crippen molar-refractivity contribution in [2.75, 3.05) is 31.2 Å². The molecule has 0 aliphatic carbocycles. The molecule has 58 heavy (non-hydrogen) atoms. The number of rotatable bonds is 7. The van der Waals surface area contributed by atoms with Crippen molar-refractivity contribution in [2.45, 2.75) is 81.2 Å². The van der Waals surface area contributed by atoms with Gasteiger partial charge in [-0.1, -0.05) is 30.2 Å². The first-order valence-electron chi connectivity index (χ1n) is 19.6. The fourth-order valence-electron chi connectivity index (χ4n) is 9.82. The number of benzene rings is 2. The molecule has 0 spiro atoms. The van der Waals surface area contributed by atoms with Crippen molar-refractivity contribution in [2.24, 2.45) is 0 Å². The zero-order valence-corrected chi connectivity index (χ0v) is 31.3. The Morgan fingerprint density at radius 3 is 2.78 bits per heavy atom. The lowest BCUT2D eigenvalue weighted by Crippen LogP contribution is -2.58. The van der Waals surface area contributed by atoms with Crippen LogP contribution in [0.4, 0.5) is 27.8 Å². The van der Waals surface area contributed by atoms with E-state index in [0.717, 1.165) is 69.6 Å². The quantitative estimate of drug-likeness (QED) is 0.103. The summed E-state index contributed by atoms with van der Waals surface area (Å²) in [7, 11) is 0. The molecule has 1 N–H and O–H groups in total. The van der Waals surface area contributed by atoms with Gasteiger partial charge in [-0.05, 0) is 75.4 Å². The van der Waals surface area contributed by atoms with Gasteiger partial charge >= 0.3 is 12.2 Å². The number of nitrogens with one attached hydrogen (secondary N) is 1. The molecule has 15 heteroatoms. The highest BCUT2D eigenvalue weighted by Gasteiger charge is 2.50. The van der Waals surface area contributed by atoms with Gasteiger partial charge in [0, 0.05) is 23.1 Å². The van der Waals surface area contributed by atoms with Crippen molar-refractivity contribution in [3.8, 4) is 35.5 Å². The number of ether oxygens (including phenoxy) is 2. The summed E-state index contributed by atoms with van der Waals surface area (Å²) in [6, 6.07) is 9.14. The summed E-state index contributed by atoms with van der Waals surface area (Å²) >= 11 is 0. The topological polar surface area (TPSA) is 101 Å². The van der Waals surface area contributed by atoms with Crippen molar-refractivity contribution in [1.29, 1.82) is 0 Å². The molecule has 296 valence electrons. The summed E-state index contributed by atoms with van der Waals surface area (Å²) in [5, 5.41) is 5.19. The molecule has 0 amide bonds. The molecule has 5 aromatic rings. The number of anilines is 1. The maximum Gasteiger partial charge on any atom is 0.433 e. The summed E-state index contributed by atoms with van der Waals surface area (Å²) < 4.78 is 84.7. The predicted octanol–water partition coefficient (Wildman–Crippen LogP) is 7.29. The van der Waals surface area contributed by atoms with Gasteiger partial charge in [0.2, 0.25) is 5.88 Å². The first kappa shape index (κ1) is 36.5. The Kier molecular flexibility index (Phi) is 8.76. The molecule has 8 heterocycles. The van der Waals surface area contributed by atoms with Crippen molar-refractivity contribution >= 4 is 27.5 Å². The van der Waals surface area contributed by atoms with Gasteiger partial charge in [0.25, 0.3) is 0 Å². The molecule has 3 saturated heterocycles. The number of hydrogen-bond acceptors (Lipinski definition) is 10. The van der Waals surface area contributed by atoms with E-state index >= 15 is 8.78 Å². The van der Waals surface area contributed by atoms with E-state index in [2.05, 4.69) is 42.8 Å². The summed E-state index contributed by atoms with van der Waals surface area (Å²) in [4.78, 5) is 26.6. The average molecular weight is 793 g/mol. The number of aryl methyl sites for hydroxylation is 1. The molecule has 4 atom stereocenters. The number of pyridine rings is 1. The highest BCUT2D eigenvalue weighted by Crippen LogP contribution is 2.45. The van der Waals surface area contributed by atoms with Crippen LogP contribution in [0.25, 0.3) is 32.9 Å². The number of aromatic nitrogens is 5. The normalized spacial score (nSPS) is 23.8. The first-order valence-corrected chi connectivity index (χ1v) is 19.6. The number of piperazine rings is 1. The zero-order chi connectivity index (χ0) is 39.8. The maximum atomic E-state index is 17.4. The molecule has 2 bridgehead atoms. The third-order valence-electron chi connectivity index (χ3n) is 12.5. The fourth-order valence-corrected chi connectivity index (χ4v) is 9.82. The predicted molar refractivity (Wildman–Crippen MR) is 205 cm³/mol. The lowest BCUT2D eigenvalue weighted by Gasteiger charge is -2.45. The molecule has 5 aliphatic rings. The maximum absolute atomic E-state index is 17.4. The monoisotopic (exact) mass is 792 g/mol. The van der Waals surface area contributed by atoms with Gasteiger partial charge in [-0.2, -0.15) is 23.1 Å². The summed E-state index contributed by atoms with van der Waals surface area (Å²) in [6.45, 7) is 1.59. The van der Waals surface area contributed by atoms with Crippen LogP contribution in [0.3, 0.4) is 0 Å². The van der Waals surface area contributed by atoms with Gasteiger partial charge in [-0.3, -0.25) is 4.90 Å². The second-order valence-corrected chi connectivity index (χ2v) is 15.7. The average Bonchev–Trinajstić information content (AvgIpc) is 3.79. The molecular formula is C43H37F5N8O2. The summed E-state index contributed by atoms with van der Waals surface area (Å²) in [5.74, 6) is 1.61. The first-order chi connectivity index (χ1) is 28.1. The molecule has 3 fully saturated rings. The Hall–Kier alpha value is -5.84. The van der Waals surface area contributed by atoms with Gasteiger partial charge in [0.05, 0.1) is 46.5 Å². The molecule has 2 aromatic carbocycles. The second-order valence-electron chi connectivity index (χ2n) is 15.7. The van der Waals surface area contributed by atoms with E-state index in [-0.39, 0.29) is 60.0 Å². The largest absolute Gasteiger partial charge is 0.476 e. The van der Waals surface area contributed by atoms with Crippen molar-refractivity contribution in [3.05, 3.63) is 88.8 Å². The van der Waals surface area contributed by atoms with E-state index in [1.807, 2.05) is 0 Å². The van der Waals surface area contributed by atoms with Gasteiger partial charge in [0.15, 0.2) is 11.5 Å². The third-order valence-corrected chi connectivity index (χ3v) is 12.5. The van der Waals surface area contributed by atoms with Crippen LogP contribution in [0.1, 0.15) is 61.9 Å². The van der Waals surface area contributed by atoms with Crippen LogP contribution in [0.5, 0.6) is 11.9 Å². The molecule has 0 saturated carbocycles. The number of fused-ring (bicyclic) bond motifs is 7. The summed E-state index contributed by atoms with van der Waals surface area (Å²) in [5.41, 5.74) is 3.92. The van der Waals surface area contributed by atoms with Gasteiger partial charge in [-0.25, -0.2) is 23.7 Å². The minimum Gasteiger partial charge on any atom is -0.476 e. The van der Waals surface area contributed by atoms with E-state index in [0.29, 0.717) is 46.2 Å². The molecule has 5 aliphatic heterocycles. The van der Waals surface area contributed by atoms with Crippen LogP contribution in [0.15, 0.2) is 60.2 Å². The Balaban J connectivity index is 1.03. The standard InChI is InChI=1S/C43H37F5N8O2/c1-2-27-29(44)14-13-24-7-3-9-28(35(24)27)38-37(45)39-36-31(52-38)11-5-12-32-30-10-4-8-25(51-30)20-55(32)40(36)54-41(53-39)58-22-42-16-6-18-56(42)26(15-17-42)21-57-34-19-33(43(46,47)48)49-23-50-34/h1,3-4,7,9,13-14,19,23,26,30,32,51H,5-6,10-12,15-18,20-22H2/t26-,30-,32+,42-/m0/s1. The molecular weight excluding hydrogens is 756 g/mol. The smallest absolute Gasteiger partial charge is 0.433 e. The van der Waals surface area contributed by atoms with E-state index in [1.54, 1.807) is 24.3 Å². The van der Waals surface area contributed by atoms with Crippen LogP contribution in [-0.4, -0.2) is 79.8 Å². The lowest BCUT2D eigenvalue weighted by atomic mass is 9.89. The molecule has 3 aromatic heterocycles. The van der Waals surface area contributed by atoms with E-state index in [4.69, 9.17) is 30.8 Å². The van der Waals surface area contributed by atoms with Crippen LogP contribution in [-0.2, 0) is 12.6 Å². The summed E-state index contributed by atoms with van der Waals surface area (Å²) in [6.07, 6.45) is 10.3. The molecule has 0 unspecified atom stereocenters. The van der Waals surface area contributed by atoms with Crippen molar-refractivity contribution in [1.82, 2.24) is 35.1 Å². The Bertz CT molecular complexity index is 2600. The molecule has 0 radical (unpaired) electrons. The number of terminal acetylenes is 1. The van der Waals surface area contributed by atoms with E-state index < -0.39 is 29.0 Å². The minimum atomic E-state index is -4.61. The van der Waals surface area contributed by atoms with Gasteiger partial charge in [0.1, 0.15) is 42.4 Å². The van der Waals surface area contributed by atoms with Crippen molar-refractivity contribution < 1.29 is 31.4 Å². The zero-order valence-electron chi connectivity index (χ0n) is 31.3. The lowest BCUT2D eigenvalue weighted by molar-refractivity contribution is -0.141. The SMILES string of the molecule is C#Cc1c(F)ccc2cccc(-c3nc4c5c(nc(OC[C@@]67CCCN6[C@H](COc6cc(C(F)(F)F)ncn6)CC7)nc5c3F)N3CC5=C=CC[C@H](N5)[C@H]3CCC4)c12. The number of alkyl halides is 3. The highest BCUT2D eigenvalue weighted by atomic mass is 19.4. The number of halogens is 5. The number of nitrogens with zero attached hydrogens (tertiary/aromatic N) is 7.